The predicted molar refractivity (Wildman–Crippen MR) is 85.0 cm³/mol. The standard InChI is InChI=1S/C15H18ClFN4/c1-15(2,3)14-20-12(18-4)8-13(21-14)19-9-5-6-10(16)11(17)7-9/h5-8H,1-4H3,(H2,18,19,20,21). The van der Waals surface area contributed by atoms with Crippen molar-refractivity contribution in [1.29, 1.82) is 0 Å². The molecule has 2 rings (SSSR count). The maximum Gasteiger partial charge on any atom is 0.143 e. The van der Waals surface area contributed by atoms with Crippen molar-refractivity contribution in [3.8, 4) is 0 Å². The molecule has 0 spiro atoms. The van der Waals surface area contributed by atoms with Crippen molar-refractivity contribution < 1.29 is 4.39 Å². The van der Waals surface area contributed by atoms with Crippen LogP contribution in [0.25, 0.3) is 0 Å². The van der Waals surface area contributed by atoms with Crippen LogP contribution in [0.15, 0.2) is 24.3 Å². The van der Waals surface area contributed by atoms with Crippen molar-refractivity contribution >= 4 is 28.9 Å². The van der Waals surface area contributed by atoms with Gasteiger partial charge < -0.3 is 10.6 Å². The molecule has 21 heavy (non-hydrogen) atoms. The molecular weight excluding hydrogens is 291 g/mol. The SMILES string of the molecule is CNc1cc(Nc2ccc(Cl)c(F)c2)nc(C(C)(C)C)n1. The van der Waals surface area contributed by atoms with Crippen molar-refractivity contribution in [2.24, 2.45) is 0 Å². The number of nitrogens with zero attached hydrogens (tertiary/aromatic N) is 2. The molecule has 0 saturated heterocycles. The number of nitrogens with one attached hydrogen (secondary N) is 2. The zero-order valence-corrected chi connectivity index (χ0v) is 13.2. The third kappa shape index (κ3) is 3.82. The second kappa shape index (κ2) is 5.85. The predicted octanol–water partition coefficient (Wildman–Crippen LogP) is 4.35. The fourth-order valence-electron chi connectivity index (χ4n) is 1.70. The highest BCUT2D eigenvalue weighted by molar-refractivity contribution is 6.30. The van der Waals surface area contributed by atoms with Gasteiger partial charge in [-0.2, -0.15) is 0 Å². The Hall–Kier alpha value is -1.88. The summed E-state index contributed by atoms with van der Waals surface area (Å²) >= 11 is 5.68. The molecule has 0 aliphatic carbocycles. The maximum absolute atomic E-state index is 13.5. The highest BCUT2D eigenvalue weighted by Crippen LogP contribution is 2.25. The molecule has 2 N–H and O–H groups in total. The molecule has 1 aromatic carbocycles. The Labute approximate surface area is 128 Å². The Morgan fingerprint density at radius 1 is 1.10 bits per heavy atom. The van der Waals surface area contributed by atoms with Gasteiger partial charge in [-0.3, -0.25) is 0 Å². The van der Waals surface area contributed by atoms with Crippen molar-refractivity contribution in [1.82, 2.24) is 9.97 Å². The van der Waals surface area contributed by atoms with E-state index < -0.39 is 5.82 Å². The number of hydrogen-bond donors (Lipinski definition) is 2. The van der Waals surface area contributed by atoms with E-state index in [1.54, 1.807) is 19.2 Å². The van der Waals surface area contributed by atoms with Crippen LogP contribution < -0.4 is 10.6 Å². The molecule has 6 heteroatoms. The van der Waals surface area contributed by atoms with Crippen molar-refractivity contribution in [2.45, 2.75) is 26.2 Å². The van der Waals surface area contributed by atoms with E-state index in [1.165, 1.54) is 12.1 Å². The monoisotopic (exact) mass is 308 g/mol. The third-order valence-electron chi connectivity index (χ3n) is 2.85. The number of hydrogen-bond acceptors (Lipinski definition) is 4. The number of anilines is 3. The van der Waals surface area contributed by atoms with Gasteiger partial charge in [0.1, 0.15) is 23.3 Å². The summed E-state index contributed by atoms with van der Waals surface area (Å²) in [4.78, 5) is 8.92. The maximum atomic E-state index is 13.5. The minimum Gasteiger partial charge on any atom is -0.373 e. The first kappa shape index (κ1) is 15.5. The molecule has 0 atom stereocenters. The van der Waals surface area contributed by atoms with E-state index >= 15 is 0 Å². The van der Waals surface area contributed by atoms with Crippen LogP contribution in [0.5, 0.6) is 0 Å². The van der Waals surface area contributed by atoms with E-state index in [0.29, 0.717) is 23.1 Å². The van der Waals surface area contributed by atoms with Gasteiger partial charge in [0.25, 0.3) is 0 Å². The molecule has 0 saturated carbocycles. The van der Waals surface area contributed by atoms with Crippen molar-refractivity contribution in [2.75, 3.05) is 17.7 Å². The first-order chi connectivity index (χ1) is 9.79. The van der Waals surface area contributed by atoms with E-state index in [-0.39, 0.29) is 10.4 Å². The Morgan fingerprint density at radius 2 is 1.76 bits per heavy atom. The van der Waals surface area contributed by atoms with E-state index in [9.17, 15) is 4.39 Å². The lowest BCUT2D eigenvalue weighted by atomic mass is 9.96. The molecule has 0 radical (unpaired) electrons. The first-order valence-corrected chi connectivity index (χ1v) is 6.97. The molecule has 4 nitrogen and oxygen atoms in total. The van der Waals surface area contributed by atoms with E-state index in [2.05, 4.69) is 20.6 Å². The Morgan fingerprint density at radius 3 is 2.33 bits per heavy atom. The van der Waals surface area contributed by atoms with Crippen LogP contribution in [0.1, 0.15) is 26.6 Å². The summed E-state index contributed by atoms with van der Waals surface area (Å²) in [5.74, 6) is 1.53. The van der Waals surface area contributed by atoms with E-state index in [4.69, 9.17) is 11.6 Å². The zero-order valence-electron chi connectivity index (χ0n) is 12.5. The highest BCUT2D eigenvalue weighted by atomic mass is 35.5. The minimum atomic E-state index is -0.472. The van der Waals surface area contributed by atoms with Crippen molar-refractivity contribution in [3.05, 3.63) is 40.9 Å². The molecule has 112 valence electrons. The van der Waals surface area contributed by atoms with Crippen LogP contribution in [-0.4, -0.2) is 17.0 Å². The molecule has 0 aliphatic heterocycles. The second-order valence-electron chi connectivity index (χ2n) is 5.72. The van der Waals surface area contributed by atoms with Crippen LogP contribution in [0.4, 0.5) is 21.7 Å². The molecule has 0 amide bonds. The summed E-state index contributed by atoms with van der Waals surface area (Å²) < 4.78 is 13.5. The van der Waals surface area contributed by atoms with Gasteiger partial charge >= 0.3 is 0 Å². The zero-order chi connectivity index (χ0) is 15.6. The van der Waals surface area contributed by atoms with Gasteiger partial charge in [-0.15, -0.1) is 0 Å². The minimum absolute atomic E-state index is 0.0922. The highest BCUT2D eigenvalue weighted by Gasteiger charge is 2.19. The van der Waals surface area contributed by atoms with Crippen LogP contribution in [0.3, 0.4) is 0 Å². The lowest BCUT2D eigenvalue weighted by molar-refractivity contribution is 0.547. The van der Waals surface area contributed by atoms with Gasteiger partial charge in [0, 0.05) is 24.2 Å². The summed E-state index contributed by atoms with van der Waals surface area (Å²) in [6.07, 6.45) is 0. The van der Waals surface area contributed by atoms with Crippen LogP contribution in [-0.2, 0) is 5.41 Å². The molecule has 0 fully saturated rings. The number of aromatic nitrogens is 2. The summed E-state index contributed by atoms with van der Waals surface area (Å²) in [7, 11) is 1.79. The van der Waals surface area contributed by atoms with Gasteiger partial charge in [-0.05, 0) is 18.2 Å². The van der Waals surface area contributed by atoms with Crippen molar-refractivity contribution in [3.63, 3.8) is 0 Å². The van der Waals surface area contributed by atoms with Crippen LogP contribution in [0.2, 0.25) is 5.02 Å². The van der Waals surface area contributed by atoms with Gasteiger partial charge in [-0.25, -0.2) is 14.4 Å². The number of halogens is 2. The lowest BCUT2D eigenvalue weighted by Gasteiger charge is -2.19. The molecule has 1 heterocycles. The van der Waals surface area contributed by atoms with Crippen LogP contribution in [0, 0.1) is 5.82 Å². The fraction of sp³-hybridized carbons (Fsp3) is 0.333. The Kier molecular flexibility index (Phi) is 4.32. The summed E-state index contributed by atoms with van der Waals surface area (Å²) in [5, 5.41) is 6.16. The van der Waals surface area contributed by atoms with Crippen LogP contribution >= 0.6 is 11.6 Å². The topological polar surface area (TPSA) is 49.8 Å². The van der Waals surface area contributed by atoms with Gasteiger partial charge in [-0.1, -0.05) is 32.4 Å². The summed E-state index contributed by atoms with van der Waals surface area (Å²) in [5.41, 5.74) is 0.395. The molecule has 0 aliphatic rings. The van der Waals surface area contributed by atoms with E-state index in [0.717, 1.165) is 0 Å². The Bertz CT molecular complexity index is 653. The van der Waals surface area contributed by atoms with Gasteiger partial charge in [0.2, 0.25) is 0 Å². The van der Waals surface area contributed by atoms with E-state index in [1.807, 2.05) is 20.8 Å². The first-order valence-electron chi connectivity index (χ1n) is 6.59. The molecule has 2 aromatic rings. The average molecular weight is 309 g/mol. The molecular formula is C15H18ClFN4. The smallest absolute Gasteiger partial charge is 0.143 e. The summed E-state index contributed by atoms with van der Waals surface area (Å²) in [6.45, 7) is 6.11. The fourth-order valence-corrected chi connectivity index (χ4v) is 1.81. The normalized spacial score (nSPS) is 11.3. The second-order valence-corrected chi connectivity index (χ2v) is 6.12. The number of benzene rings is 1. The molecule has 0 unspecified atom stereocenters. The quantitative estimate of drug-likeness (QED) is 0.885. The molecule has 0 bridgehead atoms. The molecule has 1 aromatic heterocycles. The average Bonchev–Trinajstić information content (AvgIpc) is 2.41. The van der Waals surface area contributed by atoms with Gasteiger partial charge in [0.05, 0.1) is 5.02 Å². The summed E-state index contributed by atoms with van der Waals surface area (Å²) in [6, 6.07) is 6.30. The largest absolute Gasteiger partial charge is 0.373 e. The third-order valence-corrected chi connectivity index (χ3v) is 3.15. The Balaban J connectivity index is 2.36. The van der Waals surface area contributed by atoms with Gasteiger partial charge in [0.15, 0.2) is 0 Å². The number of rotatable bonds is 3. The lowest BCUT2D eigenvalue weighted by Crippen LogP contribution is -2.17.